The molecular weight excluding hydrogens is 334 g/mol. The molecule has 1 aliphatic rings. The molecule has 3 rings (SSSR count). The van der Waals surface area contributed by atoms with Crippen LogP contribution in [0.3, 0.4) is 0 Å². The van der Waals surface area contributed by atoms with Gasteiger partial charge in [0.25, 0.3) is 0 Å². The van der Waals surface area contributed by atoms with Gasteiger partial charge in [0.1, 0.15) is 0 Å². The minimum atomic E-state index is -0.162. The summed E-state index contributed by atoms with van der Waals surface area (Å²) in [5.41, 5.74) is 2.13. The van der Waals surface area contributed by atoms with E-state index < -0.39 is 0 Å². The van der Waals surface area contributed by atoms with Crippen molar-refractivity contribution in [3.63, 3.8) is 0 Å². The Labute approximate surface area is 154 Å². The Morgan fingerprint density at radius 2 is 1.88 bits per heavy atom. The lowest BCUT2D eigenvalue weighted by atomic mass is 10.1. The van der Waals surface area contributed by atoms with Gasteiger partial charge in [-0.2, -0.15) is 0 Å². The van der Waals surface area contributed by atoms with Crippen molar-refractivity contribution in [2.24, 2.45) is 5.92 Å². The van der Waals surface area contributed by atoms with Gasteiger partial charge >= 0.3 is 6.03 Å². The molecule has 4 nitrogen and oxygen atoms in total. The predicted molar refractivity (Wildman–Crippen MR) is 103 cm³/mol. The van der Waals surface area contributed by atoms with Crippen molar-refractivity contribution in [1.82, 2.24) is 10.2 Å². The molecule has 1 aliphatic heterocycles. The Balaban J connectivity index is 1.35. The first kappa shape index (κ1) is 17.8. The number of amides is 2. The highest BCUT2D eigenvalue weighted by atomic mass is 35.5. The molecule has 0 bridgehead atoms. The Bertz CT molecular complexity index is 675. The summed E-state index contributed by atoms with van der Waals surface area (Å²) < 4.78 is 0. The first-order valence-corrected chi connectivity index (χ1v) is 9.13. The summed E-state index contributed by atoms with van der Waals surface area (Å²) in [6, 6.07) is 17.5. The number of likely N-dealkylation sites (tertiary alicyclic amines) is 1. The maximum Gasteiger partial charge on any atom is 0.319 e. The minimum absolute atomic E-state index is 0.162. The second-order valence-electron chi connectivity index (χ2n) is 6.53. The van der Waals surface area contributed by atoms with Gasteiger partial charge < -0.3 is 15.5 Å². The number of rotatable bonds is 6. The number of halogens is 1. The molecule has 2 amide bonds. The standard InChI is InChI=1S/C20H24ClN3O/c21-18-6-8-19(9-7-18)23-20(25)22-14-17-11-13-24(15-17)12-10-16-4-2-1-3-5-16/h1-9,17H,10-15H2,(H2,22,23,25)/t17-/m1/s1. The molecule has 0 saturated carbocycles. The maximum absolute atomic E-state index is 12.0. The highest BCUT2D eigenvalue weighted by Gasteiger charge is 2.22. The summed E-state index contributed by atoms with van der Waals surface area (Å²) in [5.74, 6) is 0.520. The number of anilines is 1. The van der Waals surface area contributed by atoms with Crippen LogP contribution in [0.1, 0.15) is 12.0 Å². The van der Waals surface area contributed by atoms with E-state index in [9.17, 15) is 4.79 Å². The molecule has 0 spiro atoms. The lowest BCUT2D eigenvalue weighted by Gasteiger charge is -2.16. The van der Waals surface area contributed by atoms with E-state index in [2.05, 4.69) is 45.9 Å². The molecule has 2 N–H and O–H groups in total. The van der Waals surface area contributed by atoms with E-state index >= 15 is 0 Å². The van der Waals surface area contributed by atoms with Gasteiger partial charge in [0.15, 0.2) is 0 Å². The van der Waals surface area contributed by atoms with Gasteiger partial charge in [-0.15, -0.1) is 0 Å². The summed E-state index contributed by atoms with van der Waals surface area (Å²) in [4.78, 5) is 14.5. The van der Waals surface area contributed by atoms with Crippen LogP contribution in [0, 0.1) is 5.92 Å². The molecule has 5 heteroatoms. The normalized spacial score (nSPS) is 17.4. The van der Waals surface area contributed by atoms with Crippen molar-refractivity contribution in [2.75, 3.05) is 31.5 Å². The van der Waals surface area contributed by atoms with Crippen molar-refractivity contribution >= 4 is 23.3 Å². The fourth-order valence-electron chi connectivity index (χ4n) is 3.16. The SMILES string of the molecule is O=C(NC[C@H]1CCN(CCc2ccccc2)C1)Nc1ccc(Cl)cc1. The molecule has 132 valence electrons. The van der Waals surface area contributed by atoms with Crippen molar-refractivity contribution in [3.05, 3.63) is 65.2 Å². The Kier molecular flexibility index (Phi) is 6.31. The van der Waals surface area contributed by atoms with E-state index in [0.29, 0.717) is 17.5 Å². The summed E-state index contributed by atoms with van der Waals surface area (Å²) in [6.45, 7) is 3.95. The van der Waals surface area contributed by atoms with Crippen molar-refractivity contribution in [1.29, 1.82) is 0 Å². The van der Waals surface area contributed by atoms with Gasteiger partial charge in [0, 0.05) is 30.3 Å². The Morgan fingerprint density at radius 3 is 2.64 bits per heavy atom. The number of nitrogens with one attached hydrogen (secondary N) is 2. The first-order valence-electron chi connectivity index (χ1n) is 8.76. The Morgan fingerprint density at radius 1 is 1.12 bits per heavy atom. The number of nitrogens with zero attached hydrogens (tertiary/aromatic N) is 1. The minimum Gasteiger partial charge on any atom is -0.338 e. The molecule has 0 radical (unpaired) electrons. The summed E-state index contributed by atoms with van der Waals surface area (Å²) in [5, 5.41) is 6.46. The van der Waals surface area contributed by atoms with Crippen molar-refractivity contribution in [2.45, 2.75) is 12.8 Å². The van der Waals surface area contributed by atoms with Crippen LogP contribution in [-0.4, -0.2) is 37.1 Å². The van der Waals surface area contributed by atoms with Crippen molar-refractivity contribution < 1.29 is 4.79 Å². The van der Waals surface area contributed by atoms with Crippen LogP contribution in [-0.2, 0) is 6.42 Å². The molecule has 1 heterocycles. The van der Waals surface area contributed by atoms with Gasteiger partial charge in [-0.3, -0.25) is 0 Å². The number of carbonyl (C=O) groups is 1. The molecule has 1 saturated heterocycles. The largest absolute Gasteiger partial charge is 0.338 e. The molecule has 0 aromatic heterocycles. The third-order valence-electron chi connectivity index (χ3n) is 4.58. The molecule has 1 atom stereocenters. The average molecular weight is 358 g/mol. The highest BCUT2D eigenvalue weighted by molar-refractivity contribution is 6.30. The topological polar surface area (TPSA) is 44.4 Å². The third-order valence-corrected chi connectivity index (χ3v) is 4.83. The molecule has 0 unspecified atom stereocenters. The van der Waals surface area contributed by atoms with Crippen molar-refractivity contribution in [3.8, 4) is 0 Å². The van der Waals surface area contributed by atoms with E-state index in [4.69, 9.17) is 11.6 Å². The summed E-state index contributed by atoms with van der Waals surface area (Å²) in [6.07, 6.45) is 2.22. The zero-order chi connectivity index (χ0) is 17.5. The number of urea groups is 1. The average Bonchev–Trinajstić information content (AvgIpc) is 3.09. The first-order chi connectivity index (χ1) is 12.2. The number of hydrogen-bond acceptors (Lipinski definition) is 2. The van der Waals surface area contributed by atoms with Gasteiger partial charge in [-0.05, 0) is 55.1 Å². The highest BCUT2D eigenvalue weighted by Crippen LogP contribution is 2.16. The number of carbonyl (C=O) groups excluding carboxylic acids is 1. The Hall–Kier alpha value is -2.04. The quantitative estimate of drug-likeness (QED) is 0.819. The van der Waals surface area contributed by atoms with Crippen LogP contribution in [0.4, 0.5) is 10.5 Å². The number of hydrogen-bond donors (Lipinski definition) is 2. The maximum atomic E-state index is 12.0. The van der Waals surface area contributed by atoms with E-state index in [1.165, 1.54) is 5.56 Å². The number of benzene rings is 2. The van der Waals surface area contributed by atoms with E-state index in [1.807, 2.05) is 0 Å². The molecule has 0 aliphatic carbocycles. The van der Waals surface area contributed by atoms with Gasteiger partial charge in [0.05, 0.1) is 0 Å². The van der Waals surface area contributed by atoms with Crippen LogP contribution in [0.15, 0.2) is 54.6 Å². The summed E-state index contributed by atoms with van der Waals surface area (Å²) in [7, 11) is 0. The van der Waals surface area contributed by atoms with E-state index in [-0.39, 0.29) is 6.03 Å². The predicted octanol–water partition coefficient (Wildman–Crippen LogP) is 4.03. The fraction of sp³-hybridized carbons (Fsp3) is 0.350. The summed E-state index contributed by atoms with van der Waals surface area (Å²) >= 11 is 5.84. The van der Waals surface area contributed by atoms with Gasteiger partial charge in [-0.25, -0.2) is 4.79 Å². The second kappa shape index (κ2) is 8.88. The molecular formula is C20H24ClN3O. The van der Waals surface area contributed by atoms with Crippen LogP contribution in [0.25, 0.3) is 0 Å². The van der Waals surface area contributed by atoms with Crippen LogP contribution < -0.4 is 10.6 Å². The molecule has 2 aromatic rings. The molecule has 1 fully saturated rings. The lowest BCUT2D eigenvalue weighted by molar-refractivity contribution is 0.249. The van der Waals surface area contributed by atoms with Gasteiger partial charge in [-0.1, -0.05) is 41.9 Å². The molecule has 25 heavy (non-hydrogen) atoms. The lowest BCUT2D eigenvalue weighted by Crippen LogP contribution is -2.34. The molecule has 2 aromatic carbocycles. The second-order valence-corrected chi connectivity index (χ2v) is 6.97. The van der Waals surface area contributed by atoms with E-state index in [0.717, 1.165) is 38.2 Å². The zero-order valence-electron chi connectivity index (χ0n) is 14.2. The fourth-order valence-corrected chi connectivity index (χ4v) is 3.29. The monoisotopic (exact) mass is 357 g/mol. The zero-order valence-corrected chi connectivity index (χ0v) is 15.0. The smallest absolute Gasteiger partial charge is 0.319 e. The van der Waals surface area contributed by atoms with Crippen LogP contribution in [0.2, 0.25) is 5.02 Å². The third kappa shape index (κ3) is 5.76. The van der Waals surface area contributed by atoms with Crippen LogP contribution in [0.5, 0.6) is 0 Å². The van der Waals surface area contributed by atoms with Crippen LogP contribution >= 0.6 is 11.6 Å². The van der Waals surface area contributed by atoms with Gasteiger partial charge in [0.2, 0.25) is 0 Å². The van der Waals surface area contributed by atoms with E-state index in [1.54, 1.807) is 24.3 Å².